The van der Waals surface area contributed by atoms with Gasteiger partial charge < -0.3 is 5.32 Å². The van der Waals surface area contributed by atoms with Gasteiger partial charge in [0.2, 0.25) is 9.84 Å². The Morgan fingerprint density at radius 2 is 1.77 bits per heavy atom. The minimum Gasteiger partial charge on any atom is -0.360 e. The smallest absolute Gasteiger partial charge is 0.218 e. The molecule has 0 aliphatic carbocycles. The normalized spacial score (nSPS) is 11.8. The van der Waals surface area contributed by atoms with Crippen molar-refractivity contribution < 1.29 is 8.42 Å². The summed E-state index contributed by atoms with van der Waals surface area (Å²) in [4.78, 5) is -0.410. The molecule has 0 bridgehead atoms. The molecule has 0 spiro atoms. The lowest BCUT2D eigenvalue weighted by Gasteiger charge is -2.05. The maximum Gasteiger partial charge on any atom is 0.218 e. The van der Waals surface area contributed by atoms with Crippen molar-refractivity contribution in [2.75, 3.05) is 5.32 Å². The molecule has 0 heterocycles. The van der Waals surface area contributed by atoms with Gasteiger partial charge in [-0.15, -0.1) is 0 Å². The molecule has 0 aromatic heterocycles. The highest BCUT2D eigenvalue weighted by molar-refractivity contribution is 7.95. The van der Waals surface area contributed by atoms with Crippen molar-refractivity contribution >= 4 is 38.7 Å². The van der Waals surface area contributed by atoms with Crippen LogP contribution < -0.4 is 5.32 Å². The molecular weight excluding hydrogens is 343 g/mol. The molecule has 0 atom stereocenters. The molecule has 2 aromatic rings. The van der Waals surface area contributed by atoms with Crippen molar-refractivity contribution in [2.24, 2.45) is 0 Å². The predicted molar refractivity (Wildman–Crippen MR) is 87.4 cm³/mol. The topological polar surface area (TPSA) is 70.0 Å². The van der Waals surface area contributed by atoms with Gasteiger partial charge in [-0.2, -0.15) is 5.26 Å². The molecule has 0 saturated carbocycles. The monoisotopic (exact) mass is 352 g/mol. The lowest BCUT2D eigenvalue weighted by Crippen LogP contribution is -2.05. The van der Waals surface area contributed by atoms with Gasteiger partial charge in [0, 0.05) is 21.9 Å². The Morgan fingerprint density at radius 1 is 1.09 bits per heavy atom. The minimum atomic E-state index is -3.90. The lowest BCUT2D eigenvalue weighted by molar-refractivity contribution is 0.603. The number of nitrogens with one attached hydrogen (secondary N) is 1. The van der Waals surface area contributed by atoms with Crippen molar-refractivity contribution in [3.05, 3.63) is 69.7 Å². The van der Waals surface area contributed by atoms with Crippen LogP contribution in [0.5, 0.6) is 0 Å². The molecule has 4 nitrogen and oxygen atoms in total. The highest BCUT2D eigenvalue weighted by Gasteiger charge is 2.20. The Hall–Kier alpha value is -2.00. The van der Waals surface area contributed by atoms with E-state index in [1.54, 1.807) is 30.3 Å². The second kappa shape index (κ2) is 6.84. The first kappa shape index (κ1) is 16.4. The van der Waals surface area contributed by atoms with Crippen LogP contribution in [0, 0.1) is 11.3 Å². The molecule has 0 aliphatic rings. The second-order valence-electron chi connectivity index (χ2n) is 4.23. The van der Waals surface area contributed by atoms with E-state index in [9.17, 15) is 8.42 Å². The SMILES string of the molecule is N#C/C(=C/Nc1cccc(Cl)c1)S(=O)(=O)c1ccc(Cl)cc1. The van der Waals surface area contributed by atoms with Crippen molar-refractivity contribution in [3.63, 3.8) is 0 Å². The number of hydrogen-bond acceptors (Lipinski definition) is 4. The summed E-state index contributed by atoms with van der Waals surface area (Å²) in [5.41, 5.74) is 0.576. The highest BCUT2D eigenvalue weighted by Crippen LogP contribution is 2.21. The van der Waals surface area contributed by atoms with Gasteiger partial charge in [-0.3, -0.25) is 0 Å². The van der Waals surface area contributed by atoms with Gasteiger partial charge in [-0.1, -0.05) is 29.3 Å². The summed E-state index contributed by atoms with van der Waals surface area (Å²) in [5, 5.41) is 12.8. The van der Waals surface area contributed by atoms with Gasteiger partial charge in [-0.05, 0) is 42.5 Å². The summed E-state index contributed by atoms with van der Waals surface area (Å²) in [7, 11) is -3.90. The molecule has 112 valence electrons. The molecule has 2 aromatic carbocycles. The Balaban J connectivity index is 2.32. The first-order valence-corrected chi connectivity index (χ1v) is 8.30. The van der Waals surface area contributed by atoms with Crippen LogP contribution in [0.15, 0.2) is 64.5 Å². The molecule has 0 aliphatic heterocycles. The zero-order valence-electron chi connectivity index (χ0n) is 11.1. The molecule has 0 saturated heterocycles. The number of benzene rings is 2. The van der Waals surface area contributed by atoms with Crippen molar-refractivity contribution in [1.29, 1.82) is 5.26 Å². The average Bonchev–Trinajstić information content (AvgIpc) is 2.48. The van der Waals surface area contributed by atoms with Crippen molar-refractivity contribution in [3.8, 4) is 6.07 Å². The third-order valence-electron chi connectivity index (χ3n) is 2.72. The molecule has 0 unspecified atom stereocenters. The maximum atomic E-state index is 12.4. The van der Waals surface area contributed by atoms with Gasteiger partial charge in [0.05, 0.1) is 4.90 Å². The number of anilines is 1. The van der Waals surface area contributed by atoms with Crippen molar-refractivity contribution in [2.45, 2.75) is 4.90 Å². The van der Waals surface area contributed by atoms with Gasteiger partial charge in [0.15, 0.2) is 4.91 Å². The van der Waals surface area contributed by atoms with E-state index in [0.717, 1.165) is 6.20 Å². The number of hydrogen-bond donors (Lipinski definition) is 1. The molecule has 0 amide bonds. The summed E-state index contributed by atoms with van der Waals surface area (Å²) < 4.78 is 24.7. The molecule has 0 fully saturated rings. The van der Waals surface area contributed by atoms with Crippen LogP contribution in [-0.2, 0) is 9.84 Å². The Kier molecular flexibility index (Phi) is 5.09. The van der Waals surface area contributed by atoms with E-state index >= 15 is 0 Å². The third-order valence-corrected chi connectivity index (χ3v) is 4.89. The predicted octanol–water partition coefficient (Wildman–Crippen LogP) is 4.24. The lowest BCUT2D eigenvalue weighted by atomic mass is 10.3. The number of nitrogens with zero attached hydrogens (tertiary/aromatic N) is 1. The zero-order valence-corrected chi connectivity index (χ0v) is 13.5. The fraction of sp³-hybridized carbons (Fsp3) is 0. The van der Waals surface area contributed by atoms with E-state index < -0.39 is 14.7 Å². The van der Waals surface area contributed by atoms with Gasteiger partial charge in [0.1, 0.15) is 6.07 Å². The summed E-state index contributed by atoms with van der Waals surface area (Å²) in [6.07, 6.45) is 1.13. The first-order valence-electron chi connectivity index (χ1n) is 6.06. The Bertz CT molecular complexity index is 854. The van der Waals surface area contributed by atoms with E-state index in [1.807, 2.05) is 0 Å². The fourth-order valence-corrected chi connectivity index (χ4v) is 3.04. The molecule has 1 N–H and O–H groups in total. The quantitative estimate of drug-likeness (QED) is 0.835. The van der Waals surface area contributed by atoms with E-state index in [1.165, 1.54) is 24.3 Å². The molecule has 2 rings (SSSR count). The number of sulfone groups is 1. The molecule has 0 radical (unpaired) electrons. The minimum absolute atomic E-state index is 0.00223. The summed E-state index contributed by atoms with van der Waals surface area (Å²) in [6, 6.07) is 14.0. The average molecular weight is 353 g/mol. The van der Waals surface area contributed by atoms with Crippen LogP contribution in [0.25, 0.3) is 0 Å². The fourth-order valence-electron chi connectivity index (χ4n) is 1.64. The summed E-state index contributed by atoms with van der Waals surface area (Å²) >= 11 is 11.6. The zero-order chi connectivity index (χ0) is 16.2. The molecular formula is C15H10Cl2N2O2S. The second-order valence-corrected chi connectivity index (χ2v) is 7.02. The van der Waals surface area contributed by atoms with Gasteiger partial charge in [-0.25, -0.2) is 8.42 Å². The van der Waals surface area contributed by atoms with E-state index in [4.69, 9.17) is 28.5 Å². The van der Waals surface area contributed by atoms with Crippen LogP contribution in [0.3, 0.4) is 0 Å². The van der Waals surface area contributed by atoms with Crippen LogP contribution >= 0.6 is 23.2 Å². The number of nitriles is 1. The van der Waals surface area contributed by atoms with Crippen LogP contribution in [0.1, 0.15) is 0 Å². The number of allylic oxidation sites excluding steroid dienone is 1. The van der Waals surface area contributed by atoms with Gasteiger partial charge in [0.25, 0.3) is 0 Å². The number of halogens is 2. The van der Waals surface area contributed by atoms with Crippen molar-refractivity contribution in [1.82, 2.24) is 0 Å². The third kappa shape index (κ3) is 3.80. The first-order chi connectivity index (χ1) is 10.4. The largest absolute Gasteiger partial charge is 0.360 e. The summed E-state index contributed by atoms with van der Waals surface area (Å²) in [5.74, 6) is 0. The van der Waals surface area contributed by atoms with Crippen LogP contribution in [-0.4, -0.2) is 8.42 Å². The number of rotatable bonds is 4. The Labute approximate surface area is 138 Å². The Morgan fingerprint density at radius 3 is 2.36 bits per heavy atom. The van der Waals surface area contributed by atoms with E-state index in [0.29, 0.717) is 15.7 Å². The maximum absolute atomic E-state index is 12.4. The molecule has 22 heavy (non-hydrogen) atoms. The highest BCUT2D eigenvalue weighted by atomic mass is 35.5. The molecule has 7 heteroatoms. The van der Waals surface area contributed by atoms with Crippen LogP contribution in [0.4, 0.5) is 5.69 Å². The van der Waals surface area contributed by atoms with E-state index in [2.05, 4.69) is 5.32 Å². The standard InChI is InChI=1S/C15H10Cl2N2O2S/c16-11-4-6-14(7-5-11)22(20,21)15(9-18)10-19-13-3-1-2-12(17)8-13/h1-8,10,19H/b15-10-. The van der Waals surface area contributed by atoms with Gasteiger partial charge >= 0.3 is 0 Å². The summed E-state index contributed by atoms with van der Waals surface area (Å²) in [6.45, 7) is 0. The van der Waals surface area contributed by atoms with Crippen LogP contribution in [0.2, 0.25) is 10.0 Å². The van der Waals surface area contributed by atoms with E-state index in [-0.39, 0.29) is 4.90 Å².